The van der Waals surface area contributed by atoms with E-state index in [-0.39, 0.29) is 18.1 Å². The summed E-state index contributed by atoms with van der Waals surface area (Å²) < 4.78 is 17.5. The van der Waals surface area contributed by atoms with E-state index in [1.807, 2.05) is 109 Å². The van der Waals surface area contributed by atoms with Gasteiger partial charge < -0.3 is 35.1 Å². The third-order valence-electron chi connectivity index (χ3n) is 8.78. The van der Waals surface area contributed by atoms with Crippen LogP contribution in [0.5, 0.6) is 5.75 Å². The van der Waals surface area contributed by atoms with Gasteiger partial charge in [-0.15, -0.1) is 0 Å². The van der Waals surface area contributed by atoms with E-state index in [4.69, 9.17) is 14.2 Å². The highest BCUT2D eigenvalue weighted by Crippen LogP contribution is 2.30. The first-order chi connectivity index (χ1) is 23.6. The van der Waals surface area contributed by atoms with Crippen molar-refractivity contribution in [2.24, 2.45) is 0 Å². The van der Waals surface area contributed by atoms with Crippen molar-refractivity contribution in [1.29, 1.82) is 0 Å². The molecule has 9 heteroatoms. The van der Waals surface area contributed by atoms with Crippen molar-refractivity contribution in [3.05, 3.63) is 132 Å². The molecule has 6 rings (SSSR count). The molecule has 0 aliphatic carbocycles. The Balaban J connectivity index is 1.10. The molecule has 2 heterocycles. The molecule has 0 spiro atoms. The Morgan fingerprint density at radius 2 is 1.52 bits per heavy atom. The minimum absolute atomic E-state index is 0.0219. The number of aromatic amines is 1. The molecule has 1 saturated heterocycles. The van der Waals surface area contributed by atoms with Crippen LogP contribution >= 0.6 is 0 Å². The Labute approximate surface area is 281 Å². The standard InChI is InChI=1S/C39H42N4O5/c1-46-39(45)43-37(35(28-12-4-2-5-13-28)29-14-6-3-7-15-29)38(44)42-33-17-9-8-11-27(33)19-20-31-25-40-26-32(48-31)22-24-47-34-18-10-16-30-21-23-41-36(30)34/h2-18,21,23,31-32,35,37,40-41H,19-20,22,24-26H2,1H3,(H,42,44)(H,43,45)/t31-,32-,37+/m1/s1. The van der Waals surface area contributed by atoms with Crippen LogP contribution < -0.4 is 20.7 Å². The monoisotopic (exact) mass is 646 g/mol. The van der Waals surface area contributed by atoms with Gasteiger partial charge in [-0.1, -0.05) is 91.0 Å². The number of carbonyl (C=O) groups excluding carboxylic acids is 2. The van der Waals surface area contributed by atoms with E-state index in [0.717, 1.165) is 59.3 Å². The average molecular weight is 647 g/mol. The van der Waals surface area contributed by atoms with Gasteiger partial charge >= 0.3 is 6.09 Å². The summed E-state index contributed by atoms with van der Waals surface area (Å²) in [6.07, 6.45) is 3.56. The number of fused-ring (bicyclic) bond motifs is 1. The summed E-state index contributed by atoms with van der Waals surface area (Å²) in [6, 6.07) is 34.3. The SMILES string of the molecule is COC(=O)N[C@H](C(=O)Nc1ccccc1CC[C@@H]1CNC[C@@H](CCOc2cccc3cc[nH]c23)O1)C(c1ccccc1)c1ccccc1. The number of H-pyrrole nitrogens is 1. The second-order valence-electron chi connectivity index (χ2n) is 12.0. The minimum atomic E-state index is -0.937. The highest BCUT2D eigenvalue weighted by molar-refractivity contribution is 5.98. The number of aromatic nitrogens is 1. The number of rotatable bonds is 13. The number of benzene rings is 4. The summed E-state index contributed by atoms with van der Waals surface area (Å²) in [4.78, 5) is 29.9. The number of anilines is 1. The van der Waals surface area contributed by atoms with Crippen LogP contribution in [0.15, 0.2) is 115 Å². The lowest BCUT2D eigenvalue weighted by Crippen LogP contribution is -2.48. The van der Waals surface area contributed by atoms with Crippen LogP contribution in [0.25, 0.3) is 10.9 Å². The summed E-state index contributed by atoms with van der Waals surface area (Å²) >= 11 is 0. The summed E-state index contributed by atoms with van der Waals surface area (Å²) in [5.41, 5.74) is 4.50. The van der Waals surface area contributed by atoms with Gasteiger partial charge in [-0.3, -0.25) is 4.79 Å². The quantitative estimate of drug-likeness (QED) is 0.117. The fourth-order valence-corrected chi connectivity index (χ4v) is 6.36. The Hall–Kier alpha value is -5.12. The van der Waals surface area contributed by atoms with Crippen molar-refractivity contribution >= 4 is 28.6 Å². The van der Waals surface area contributed by atoms with Crippen LogP contribution in [-0.4, -0.2) is 62.0 Å². The van der Waals surface area contributed by atoms with Gasteiger partial charge in [-0.2, -0.15) is 0 Å². The van der Waals surface area contributed by atoms with Gasteiger partial charge in [0.25, 0.3) is 0 Å². The maximum Gasteiger partial charge on any atom is 0.407 e. The van der Waals surface area contributed by atoms with E-state index in [0.29, 0.717) is 18.7 Å². The fourth-order valence-electron chi connectivity index (χ4n) is 6.36. The molecule has 1 aliphatic rings. The lowest BCUT2D eigenvalue weighted by molar-refractivity contribution is -0.118. The number of alkyl carbamates (subject to hydrolysis) is 1. The van der Waals surface area contributed by atoms with Crippen LogP contribution in [0.3, 0.4) is 0 Å². The van der Waals surface area contributed by atoms with Gasteiger partial charge in [0.05, 0.1) is 31.4 Å². The molecule has 1 aliphatic heterocycles. The fraction of sp³-hybridized carbons (Fsp3) is 0.282. The molecule has 0 unspecified atom stereocenters. The van der Waals surface area contributed by atoms with Crippen LogP contribution in [0.2, 0.25) is 0 Å². The van der Waals surface area contributed by atoms with E-state index < -0.39 is 18.1 Å². The topological polar surface area (TPSA) is 114 Å². The summed E-state index contributed by atoms with van der Waals surface area (Å²) in [5.74, 6) is 0.0626. The summed E-state index contributed by atoms with van der Waals surface area (Å²) in [5, 5.41) is 10.6. The van der Waals surface area contributed by atoms with Gasteiger partial charge in [0, 0.05) is 42.7 Å². The molecule has 0 bridgehead atoms. The number of aryl methyl sites for hydroxylation is 1. The molecule has 48 heavy (non-hydrogen) atoms. The van der Waals surface area contributed by atoms with Crippen LogP contribution in [0.1, 0.15) is 35.4 Å². The van der Waals surface area contributed by atoms with Crippen molar-refractivity contribution in [3.8, 4) is 5.75 Å². The molecule has 3 atom stereocenters. The number of hydrogen-bond donors (Lipinski definition) is 4. The summed E-state index contributed by atoms with van der Waals surface area (Å²) in [6.45, 7) is 2.09. The smallest absolute Gasteiger partial charge is 0.407 e. The molecule has 4 aromatic carbocycles. The number of amides is 2. The average Bonchev–Trinajstić information content (AvgIpc) is 3.62. The molecular formula is C39H42N4O5. The first-order valence-corrected chi connectivity index (χ1v) is 16.5. The molecular weight excluding hydrogens is 604 g/mol. The first kappa shape index (κ1) is 32.8. The van der Waals surface area contributed by atoms with E-state index in [9.17, 15) is 9.59 Å². The third kappa shape index (κ3) is 8.23. The highest BCUT2D eigenvalue weighted by Gasteiger charge is 2.33. The zero-order valence-electron chi connectivity index (χ0n) is 27.1. The van der Waals surface area contributed by atoms with Gasteiger partial charge in [0.2, 0.25) is 5.91 Å². The lowest BCUT2D eigenvalue weighted by atomic mass is 9.84. The molecule has 1 aromatic heterocycles. The lowest BCUT2D eigenvalue weighted by Gasteiger charge is -2.31. The van der Waals surface area contributed by atoms with Gasteiger partial charge in [-0.25, -0.2) is 4.79 Å². The number of carbonyl (C=O) groups is 2. The van der Waals surface area contributed by atoms with Gasteiger partial charge in [0.15, 0.2) is 0 Å². The van der Waals surface area contributed by atoms with Crippen LogP contribution in [0, 0.1) is 0 Å². The van der Waals surface area contributed by atoms with Crippen LogP contribution in [0.4, 0.5) is 10.5 Å². The minimum Gasteiger partial charge on any atom is -0.491 e. The molecule has 248 valence electrons. The Morgan fingerprint density at radius 1 is 0.833 bits per heavy atom. The molecule has 4 N–H and O–H groups in total. The molecule has 9 nitrogen and oxygen atoms in total. The predicted octanol–water partition coefficient (Wildman–Crippen LogP) is 6.42. The molecule has 0 radical (unpaired) electrons. The van der Waals surface area contributed by atoms with Crippen molar-refractivity contribution in [2.75, 3.05) is 32.1 Å². The van der Waals surface area contributed by atoms with Gasteiger partial charge in [-0.05, 0) is 47.7 Å². The Morgan fingerprint density at radius 3 is 2.25 bits per heavy atom. The molecule has 2 amide bonds. The van der Waals surface area contributed by atoms with Crippen molar-refractivity contribution in [2.45, 2.75) is 43.4 Å². The summed E-state index contributed by atoms with van der Waals surface area (Å²) in [7, 11) is 1.29. The molecule has 0 saturated carbocycles. The second kappa shape index (κ2) is 16.1. The van der Waals surface area contributed by atoms with E-state index in [1.165, 1.54) is 7.11 Å². The number of ether oxygens (including phenoxy) is 3. The normalized spacial score (nSPS) is 16.7. The zero-order chi connectivity index (χ0) is 33.1. The number of para-hydroxylation sites is 2. The van der Waals surface area contributed by atoms with E-state index >= 15 is 0 Å². The molecule has 1 fully saturated rings. The Kier molecular flexibility index (Phi) is 11.0. The number of methoxy groups -OCH3 is 1. The number of nitrogens with one attached hydrogen (secondary N) is 4. The zero-order valence-corrected chi connectivity index (χ0v) is 27.1. The van der Waals surface area contributed by atoms with E-state index in [1.54, 1.807) is 0 Å². The highest BCUT2D eigenvalue weighted by atomic mass is 16.5. The number of morpholine rings is 1. The number of hydrogen-bond acceptors (Lipinski definition) is 6. The van der Waals surface area contributed by atoms with Crippen LogP contribution in [-0.2, 0) is 20.7 Å². The second-order valence-corrected chi connectivity index (χ2v) is 12.0. The first-order valence-electron chi connectivity index (χ1n) is 16.5. The Bertz CT molecular complexity index is 1740. The predicted molar refractivity (Wildman–Crippen MR) is 187 cm³/mol. The largest absolute Gasteiger partial charge is 0.491 e. The molecule has 5 aromatic rings. The maximum absolute atomic E-state index is 14.1. The van der Waals surface area contributed by atoms with Gasteiger partial charge in [0.1, 0.15) is 11.8 Å². The third-order valence-corrected chi connectivity index (χ3v) is 8.78. The van der Waals surface area contributed by atoms with Crippen molar-refractivity contribution < 1.29 is 23.8 Å². The maximum atomic E-state index is 14.1. The van der Waals surface area contributed by atoms with Crippen molar-refractivity contribution in [1.82, 2.24) is 15.6 Å². The van der Waals surface area contributed by atoms with Crippen molar-refractivity contribution in [3.63, 3.8) is 0 Å². The van der Waals surface area contributed by atoms with E-state index in [2.05, 4.69) is 27.0 Å².